The molecule has 0 unspecified atom stereocenters. The molecule has 1 saturated carbocycles. The molecule has 2 N–H and O–H groups in total. The van der Waals surface area contributed by atoms with E-state index in [4.69, 9.17) is 42.6 Å². The summed E-state index contributed by atoms with van der Waals surface area (Å²) in [5.74, 6) is 0.174. The van der Waals surface area contributed by atoms with E-state index < -0.39 is 17.6 Å². The molecule has 13 heteroatoms. The second kappa shape index (κ2) is 15.5. The second-order valence-corrected chi connectivity index (χ2v) is 11.0. The first kappa shape index (κ1) is 34.1. The normalized spacial score (nSPS) is 14.7. The predicted octanol–water partition coefficient (Wildman–Crippen LogP) is 7.25. The first-order valence-electron chi connectivity index (χ1n) is 14.0. The molecule has 0 spiro atoms. The van der Waals surface area contributed by atoms with Crippen LogP contribution in [0.5, 0.6) is 11.5 Å². The summed E-state index contributed by atoms with van der Waals surface area (Å²) in [6, 6.07) is 15.0. The van der Waals surface area contributed by atoms with Gasteiger partial charge in [0, 0.05) is 30.8 Å². The van der Waals surface area contributed by atoms with E-state index in [1.165, 1.54) is 30.3 Å². The van der Waals surface area contributed by atoms with Gasteiger partial charge >= 0.3 is 6.18 Å². The molecule has 0 aromatic heterocycles. The maximum absolute atomic E-state index is 13.9. The van der Waals surface area contributed by atoms with Crippen molar-refractivity contribution >= 4 is 41.2 Å². The Morgan fingerprint density at radius 3 is 2.40 bits per heavy atom. The third-order valence-electron chi connectivity index (χ3n) is 7.15. The first-order valence-corrected chi connectivity index (χ1v) is 14.8. The Kier molecular flexibility index (Phi) is 11.7. The van der Waals surface area contributed by atoms with Gasteiger partial charge in [0.15, 0.2) is 0 Å². The summed E-state index contributed by atoms with van der Waals surface area (Å²) in [4.78, 5) is 23.9. The van der Waals surface area contributed by atoms with Gasteiger partial charge in [-0.2, -0.15) is 13.2 Å². The van der Waals surface area contributed by atoms with Crippen LogP contribution in [0, 0.1) is 5.82 Å². The molecule has 5 rings (SSSR count). The van der Waals surface area contributed by atoms with Crippen LogP contribution >= 0.6 is 23.2 Å². The van der Waals surface area contributed by atoms with Crippen LogP contribution in [0.2, 0.25) is 10.0 Å². The van der Waals surface area contributed by atoms with Crippen LogP contribution < -0.4 is 14.8 Å². The maximum Gasteiger partial charge on any atom is 0.417 e. The van der Waals surface area contributed by atoms with Gasteiger partial charge in [-0.15, -0.1) is 0 Å². The van der Waals surface area contributed by atoms with E-state index in [9.17, 15) is 22.4 Å². The number of rotatable bonds is 10. The molecule has 0 bridgehead atoms. The molecule has 7 nitrogen and oxygen atoms in total. The van der Waals surface area contributed by atoms with Gasteiger partial charge < -0.3 is 24.8 Å². The molecule has 240 valence electrons. The Balaban J connectivity index is 0.00000148. The lowest BCUT2D eigenvalue weighted by molar-refractivity contribution is -0.137. The van der Waals surface area contributed by atoms with Gasteiger partial charge in [-0.1, -0.05) is 47.5 Å². The van der Waals surface area contributed by atoms with Crippen molar-refractivity contribution in [3.8, 4) is 11.5 Å². The van der Waals surface area contributed by atoms with Gasteiger partial charge in [-0.3, -0.25) is 9.59 Å². The number of hydrogen-bond donors (Lipinski definition) is 2. The van der Waals surface area contributed by atoms with Gasteiger partial charge in [-0.25, -0.2) is 4.39 Å². The zero-order valence-electron chi connectivity index (χ0n) is 23.9. The monoisotopic (exact) mass is 668 g/mol. The highest BCUT2D eigenvalue weighted by atomic mass is 35.5. The number of nitrogens with one attached hydrogen (secondary N) is 1. The highest BCUT2D eigenvalue weighted by molar-refractivity contribution is 6.32. The molecular formula is C32H30Cl2F4N2O5. The third kappa shape index (κ3) is 9.12. The van der Waals surface area contributed by atoms with Gasteiger partial charge in [0.1, 0.15) is 30.5 Å². The molecule has 1 aliphatic heterocycles. The zero-order chi connectivity index (χ0) is 32.6. The summed E-state index contributed by atoms with van der Waals surface area (Å²) in [6.07, 6.45) is -2.38. The Morgan fingerprint density at radius 1 is 1.04 bits per heavy atom. The minimum atomic E-state index is -4.58. The number of carboxylic acid groups (broad SMARTS) is 1. The molecule has 3 aromatic rings. The number of alkyl halides is 3. The van der Waals surface area contributed by atoms with Gasteiger partial charge in [0.25, 0.3) is 12.4 Å². The number of halogens is 6. The zero-order valence-corrected chi connectivity index (χ0v) is 25.4. The van der Waals surface area contributed by atoms with Crippen molar-refractivity contribution in [2.24, 2.45) is 0 Å². The summed E-state index contributed by atoms with van der Waals surface area (Å²) in [7, 11) is 0. The highest BCUT2D eigenvalue weighted by Crippen LogP contribution is 2.39. The van der Waals surface area contributed by atoms with Crippen molar-refractivity contribution in [2.75, 3.05) is 26.3 Å². The Bertz CT molecular complexity index is 1530. The quantitative estimate of drug-likeness (QED) is 0.134. The molecule has 1 aliphatic carbocycles. The van der Waals surface area contributed by atoms with Crippen LogP contribution in [0.25, 0.3) is 5.57 Å². The van der Waals surface area contributed by atoms with E-state index >= 15 is 0 Å². The van der Waals surface area contributed by atoms with Crippen LogP contribution in [0.1, 0.15) is 36.0 Å². The van der Waals surface area contributed by atoms with E-state index in [1.54, 1.807) is 17.0 Å². The van der Waals surface area contributed by atoms with Crippen molar-refractivity contribution in [3.63, 3.8) is 0 Å². The van der Waals surface area contributed by atoms with Crippen LogP contribution in [0.4, 0.5) is 17.6 Å². The molecule has 45 heavy (non-hydrogen) atoms. The third-order valence-corrected chi connectivity index (χ3v) is 7.91. The van der Waals surface area contributed by atoms with Crippen molar-refractivity contribution in [3.05, 3.63) is 98.8 Å². The summed E-state index contributed by atoms with van der Waals surface area (Å²) in [5, 5.41) is 10.1. The number of nitrogens with zero attached hydrogens (tertiary/aromatic N) is 1. The number of carbonyl (C=O) groups excluding carboxylic acids is 1. The highest BCUT2D eigenvalue weighted by Gasteiger charge is 2.38. The molecule has 0 atom stereocenters. The molecule has 0 radical (unpaired) electrons. The van der Waals surface area contributed by atoms with Crippen LogP contribution in [0.15, 0.2) is 66.2 Å². The van der Waals surface area contributed by atoms with Crippen molar-refractivity contribution in [1.29, 1.82) is 0 Å². The lowest BCUT2D eigenvalue weighted by atomic mass is 9.93. The van der Waals surface area contributed by atoms with E-state index in [1.807, 2.05) is 12.1 Å². The predicted molar refractivity (Wildman–Crippen MR) is 162 cm³/mol. The van der Waals surface area contributed by atoms with Crippen LogP contribution in [-0.2, 0) is 22.3 Å². The lowest BCUT2D eigenvalue weighted by Gasteiger charge is -2.29. The standard InChI is InChI=1S/C31H28Cl2F4N2O3.CH2O2/c32-27-11-6-21(34)16-28(27)42-15-14-41-23-9-4-19(5-10-23)24-12-13-38-17-25(24)30(40)39(22-7-8-22)18-20-2-1-3-26(29(20)33)31(35,36)37;2-1-3/h1-6,9-11,16,22,38H,7-8,12-15,17-18H2;1H,(H,2,3). The van der Waals surface area contributed by atoms with Crippen LogP contribution in [-0.4, -0.2) is 54.7 Å². The molecule has 1 fully saturated rings. The minimum absolute atomic E-state index is 0.00127. The fraction of sp³-hybridized carbons (Fsp3) is 0.312. The Labute approximate surface area is 267 Å². The molecule has 1 amide bonds. The van der Waals surface area contributed by atoms with Crippen molar-refractivity contribution in [2.45, 2.75) is 38.0 Å². The average Bonchev–Trinajstić information content (AvgIpc) is 3.86. The molecule has 2 aliphatic rings. The summed E-state index contributed by atoms with van der Waals surface area (Å²) in [5.41, 5.74) is 1.70. The average molecular weight is 669 g/mol. The smallest absolute Gasteiger partial charge is 0.417 e. The molecular weight excluding hydrogens is 639 g/mol. The molecule has 3 aromatic carbocycles. The maximum atomic E-state index is 13.9. The van der Waals surface area contributed by atoms with Crippen LogP contribution in [0.3, 0.4) is 0 Å². The van der Waals surface area contributed by atoms with Gasteiger partial charge in [0.05, 0.1) is 15.6 Å². The summed E-state index contributed by atoms with van der Waals surface area (Å²) in [6.45, 7) is 1.15. The second-order valence-electron chi connectivity index (χ2n) is 10.2. The number of amides is 1. The summed E-state index contributed by atoms with van der Waals surface area (Å²) < 4.78 is 64.9. The Hall–Kier alpha value is -3.80. The first-order chi connectivity index (χ1) is 21.5. The number of carbonyl (C=O) groups is 2. The number of ether oxygens (including phenoxy) is 2. The van der Waals surface area contributed by atoms with E-state index in [0.717, 1.165) is 30.0 Å². The molecule has 1 heterocycles. The largest absolute Gasteiger partial charge is 0.490 e. The fourth-order valence-electron chi connectivity index (χ4n) is 4.89. The van der Waals surface area contributed by atoms with Crippen molar-refractivity contribution in [1.82, 2.24) is 10.2 Å². The topological polar surface area (TPSA) is 88.1 Å². The Morgan fingerprint density at radius 2 is 1.73 bits per heavy atom. The molecule has 0 saturated heterocycles. The number of hydrogen-bond acceptors (Lipinski definition) is 5. The SMILES string of the molecule is O=C(C1=C(c2ccc(OCCOc3cc(F)ccc3Cl)cc2)CCNC1)N(Cc1cccc(C(F)(F)F)c1Cl)C1CC1.O=CO. The number of benzene rings is 3. The summed E-state index contributed by atoms with van der Waals surface area (Å²) >= 11 is 12.2. The van der Waals surface area contributed by atoms with Gasteiger partial charge in [-0.05, 0) is 72.8 Å². The van der Waals surface area contributed by atoms with E-state index in [2.05, 4.69) is 5.32 Å². The minimum Gasteiger partial charge on any atom is -0.490 e. The van der Waals surface area contributed by atoms with Crippen molar-refractivity contribution < 1.29 is 41.7 Å². The van der Waals surface area contributed by atoms with E-state index in [0.29, 0.717) is 35.9 Å². The van der Waals surface area contributed by atoms with Gasteiger partial charge in [0.2, 0.25) is 0 Å². The van der Waals surface area contributed by atoms with E-state index in [-0.39, 0.29) is 54.5 Å². The fourth-order valence-corrected chi connectivity index (χ4v) is 5.35. The lowest BCUT2D eigenvalue weighted by Crippen LogP contribution is -2.39.